The molecule has 3 heteroatoms. The maximum atomic E-state index is 13.2. The minimum absolute atomic E-state index is 0.453. The molecule has 70 valence electrons. The summed E-state index contributed by atoms with van der Waals surface area (Å²) < 4.78 is 30.8. The third kappa shape index (κ3) is 2.27. The Morgan fingerprint density at radius 3 is 2.75 bits per heavy atom. The van der Waals surface area contributed by atoms with Crippen LogP contribution in [-0.4, -0.2) is 19.6 Å². The van der Waals surface area contributed by atoms with Crippen LogP contribution < -0.4 is 0 Å². The molecule has 0 unspecified atom stereocenters. The van der Waals surface area contributed by atoms with Gasteiger partial charge in [-0.2, -0.15) is 0 Å². The molecule has 1 nitrogen and oxygen atoms in total. The lowest BCUT2D eigenvalue weighted by molar-refractivity contribution is -0.110. The molecule has 0 saturated carbocycles. The summed E-state index contributed by atoms with van der Waals surface area (Å²) in [5.41, 5.74) is 0. The van der Waals surface area contributed by atoms with Gasteiger partial charge in [0, 0.05) is 13.0 Å². The second-order valence-electron chi connectivity index (χ2n) is 3.18. The van der Waals surface area contributed by atoms with Crippen molar-refractivity contribution in [1.82, 2.24) is 0 Å². The number of methoxy groups -OCH3 is 1. The average molecular weight is 176 g/mol. The van der Waals surface area contributed by atoms with Gasteiger partial charge in [0.05, 0.1) is 0 Å². The number of rotatable bonds is 3. The van der Waals surface area contributed by atoms with Gasteiger partial charge in [-0.15, -0.1) is 0 Å². The fourth-order valence-electron chi connectivity index (χ4n) is 1.49. The summed E-state index contributed by atoms with van der Waals surface area (Å²) in [4.78, 5) is 0. The highest BCUT2D eigenvalue weighted by molar-refractivity contribution is 4.94. The van der Waals surface area contributed by atoms with Gasteiger partial charge in [-0.3, -0.25) is 0 Å². The highest BCUT2D eigenvalue weighted by atomic mass is 19.3. The number of halogens is 2. The molecule has 12 heavy (non-hydrogen) atoms. The molecule has 1 rings (SSSR count). The predicted molar refractivity (Wildman–Crippen MR) is 43.3 cm³/mol. The molecule has 0 heterocycles. The summed E-state index contributed by atoms with van der Waals surface area (Å²) in [7, 11) is 1.31. The monoisotopic (exact) mass is 176 g/mol. The van der Waals surface area contributed by atoms with E-state index in [1.165, 1.54) is 7.11 Å². The van der Waals surface area contributed by atoms with Crippen molar-refractivity contribution in [3.8, 4) is 0 Å². The zero-order valence-corrected chi connectivity index (χ0v) is 7.22. The van der Waals surface area contributed by atoms with E-state index in [0.717, 1.165) is 6.42 Å². The van der Waals surface area contributed by atoms with E-state index >= 15 is 0 Å². The van der Waals surface area contributed by atoms with Crippen molar-refractivity contribution in [3.05, 3.63) is 12.2 Å². The van der Waals surface area contributed by atoms with Gasteiger partial charge in [0.2, 0.25) is 0 Å². The van der Waals surface area contributed by atoms with E-state index in [2.05, 4.69) is 4.74 Å². The number of ether oxygens (including phenoxy) is 1. The lowest BCUT2D eigenvalue weighted by atomic mass is 9.89. The zero-order chi connectivity index (χ0) is 9.03. The van der Waals surface area contributed by atoms with Gasteiger partial charge in [0.15, 0.2) is 0 Å². The van der Waals surface area contributed by atoms with Crippen LogP contribution in [0.15, 0.2) is 12.2 Å². The van der Waals surface area contributed by atoms with Gasteiger partial charge in [-0.25, -0.2) is 8.78 Å². The molecule has 0 radical (unpaired) electrons. The summed E-state index contributed by atoms with van der Waals surface area (Å²) >= 11 is 0. The van der Waals surface area contributed by atoms with E-state index in [9.17, 15) is 8.78 Å². The molecular weight excluding hydrogens is 162 g/mol. The van der Waals surface area contributed by atoms with Crippen LogP contribution in [0.5, 0.6) is 0 Å². The standard InChI is InChI=1S/C9H14F2O/c1-12-7-9(10,11)8-5-3-2-4-6-8/h2-3,8H,4-7H2,1H3/t8-/m1/s1. The maximum Gasteiger partial charge on any atom is 0.274 e. The second kappa shape index (κ2) is 3.99. The molecule has 0 aromatic carbocycles. The van der Waals surface area contributed by atoms with Gasteiger partial charge in [0.25, 0.3) is 5.92 Å². The van der Waals surface area contributed by atoms with Crippen molar-refractivity contribution in [2.45, 2.75) is 25.2 Å². The van der Waals surface area contributed by atoms with Crippen molar-refractivity contribution < 1.29 is 13.5 Å². The van der Waals surface area contributed by atoms with Gasteiger partial charge in [-0.05, 0) is 19.3 Å². The first-order chi connectivity index (χ1) is 5.67. The molecule has 0 spiro atoms. The third-order valence-corrected chi connectivity index (χ3v) is 2.20. The van der Waals surface area contributed by atoms with Crippen LogP contribution in [0.25, 0.3) is 0 Å². The summed E-state index contributed by atoms with van der Waals surface area (Å²) in [5, 5.41) is 0. The number of allylic oxidation sites excluding steroid dienone is 2. The molecule has 0 aliphatic heterocycles. The summed E-state index contributed by atoms with van der Waals surface area (Å²) in [5.74, 6) is -3.18. The molecule has 1 aliphatic rings. The molecule has 0 amide bonds. The van der Waals surface area contributed by atoms with E-state index in [-0.39, 0.29) is 0 Å². The first-order valence-corrected chi connectivity index (χ1v) is 4.18. The molecular formula is C9H14F2O. The minimum atomic E-state index is -2.65. The number of alkyl halides is 2. The Hall–Kier alpha value is -0.440. The zero-order valence-electron chi connectivity index (χ0n) is 7.22. The van der Waals surface area contributed by atoms with Crippen LogP contribution in [0.3, 0.4) is 0 Å². The molecule has 0 N–H and O–H groups in total. The van der Waals surface area contributed by atoms with Crippen LogP contribution in [-0.2, 0) is 4.74 Å². The summed E-state index contributed by atoms with van der Waals surface area (Å²) in [6.07, 6.45) is 5.62. The normalized spacial score (nSPS) is 24.4. The predicted octanol–water partition coefficient (Wildman–Crippen LogP) is 2.62. The highest BCUT2D eigenvalue weighted by Crippen LogP contribution is 2.33. The first-order valence-electron chi connectivity index (χ1n) is 4.18. The molecule has 0 aromatic rings. The van der Waals surface area contributed by atoms with E-state index in [1.807, 2.05) is 12.2 Å². The minimum Gasteiger partial charge on any atom is -0.378 e. The Labute approximate surface area is 71.4 Å². The van der Waals surface area contributed by atoms with Gasteiger partial charge < -0.3 is 4.74 Å². The Morgan fingerprint density at radius 1 is 1.50 bits per heavy atom. The topological polar surface area (TPSA) is 9.23 Å². The fraction of sp³-hybridized carbons (Fsp3) is 0.778. The van der Waals surface area contributed by atoms with Crippen molar-refractivity contribution in [2.24, 2.45) is 5.92 Å². The summed E-state index contributed by atoms with van der Waals surface area (Å²) in [6, 6.07) is 0. The Morgan fingerprint density at radius 2 is 2.25 bits per heavy atom. The van der Waals surface area contributed by atoms with Gasteiger partial charge in [-0.1, -0.05) is 12.2 Å². The lowest BCUT2D eigenvalue weighted by Crippen LogP contribution is -2.33. The largest absolute Gasteiger partial charge is 0.378 e. The van der Waals surface area contributed by atoms with Gasteiger partial charge >= 0.3 is 0 Å². The molecule has 1 atom stereocenters. The molecule has 0 saturated heterocycles. The molecule has 1 aliphatic carbocycles. The Balaban J connectivity index is 2.49. The Kier molecular flexibility index (Phi) is 3.20. The SMILES string of the molecule is COCC(F)(F)[C@@H]1CC=CCC1. The van der Waals surface area contributed by atoms with Crippen molar-refractivity contribution in [3.63, 3.8) is 0 Å². The first kappa shape index (κ1) is 9.65. The van der Waals surface area contributed by atoms with E-state index < -0.39 is 18.4 Å². The molecule has 0 fully saturated rings. The third-order valence-electron chi connectivity index (χ3n) is 2.20. The van der Waals surface area contributed by atoms with Crippen LogP contribution in [0.1, 0.15) is 19.3 Å². The fourth-order valence-corrected chi connectivity index (χ4v) is 1.49. The number of hydrogen-bond donors (Lipinski definition) is 0. The smallest absolute Gasteiger partial charge is 0.274 e. The second-order valence-corrected chi connectivity index (χ2v) is 3.18. The van der Waals surface area contributed by atoms with E-state index in [4.69, 9.17) is 0 Å². The van der Waals surface area contributed by atoms with Crippen LogP contribution in [0.4, 0.5) is 8.78 Å². The lowest BCUT2D eigenvalue weighted by Gasteiger charge is -2.26. The quantitative estimate of drug-likeness (QED) is 0.600. The Bertz CT molecular complexity index is 166. The van der Waals surface area contributed by atoms with Gasteiger partial charge in [0.1, 0.15) is 6.61 Å². The van der Waals surface area contributed by atoms with Crippen molar-refractivity contribution in [1.29, 1.82) is 0 Å². The maximum absolute atomic E-state index is 13.2. The van der Waals surface area contributed by atoms with Crippen molar-refractivity contribution in [2.75, 3.05) is 13.7 Å². The van der Waals surface area contributed by atoms with Crippen LogP contribution in [0.2, 0.25) is 0 Å². The van der Waals surface area contributed by atoms with Crippen LogP contribution in [0, 0.1) is 5.92 Å². The summed E-state index contributed by atoms with van der Waals surface area (Å²) in [6.45, 7) is -0.453. The van der Waals surface area contributed by atoms with E-state index in [0.29, 0.717) is 12.8 Å². The van der Waals surface area contributed by atoms with Crippen LogP contribution >= 0.6 is 0 Å². The molecule has 0 bridgehead atoms. The van der Waals surface area contributed by atoms with Crippen molar-refractivity contribution >= 4 is 0 Å². The van der Waals surface area contributed by atoms with E-state index in [1.54, 1.807) is 0 Å². The number of hydrogen-bond acceptors (Lipinski definition) is 1. The highest BCUT2D eigenvalue weighted by Gasteiger charge is 2.38. The average Bonchev–Trinajstić information content (AvgIpc) is 2.06. The molecule has 0 aromatic heterocycles.